The fraction of sp³-hybridized carbons (Fsp3) is 0.571. The second-order valence-electron chi connectivity index (χ2n) is 4.97. The number of hydrogen-bond acceptors (Lipinski definition) is 4. The van der Waals surface area contributed by atoms with E-state index in [9.17, 15) is 4.79 Å². The van der Waals surface area contributed by atoms with Gasteiger partial charge in [0.25, 0.3) is 0 Å². The van der Waals surface area contributed by atoms with Crippen molar-refractivity contribution in [3.63, 3.8) is 0 Å². The van der Waals surface area contributed by atoms with Crippen LogP contribution < -0.4 is 0 Å². The zero-order valence-electron chi connectivity index (χ0n) is 11.8. The topological polar surface area (TPSA) is 62.7 Å². The Morgan fingerprint density at radius 3 is 2.68 bits per heavy atom. The molecular formula is C14H22N2O3. The highest BCUT2D eigenvalue weighted by Gasteiger charge is 2.10. The lowest BCUT2D eigenvalue weighted by molar-refractivity contribution is 0.0696. The van der Waals surface area contributed by atoms with Crippen molar-refractivity contribution < 1.29 is 14.6 Å². The van der Waals surface area contributed by atoms with Gasteiger partial charge in [-0.25, -0.2) is 4.79 Å². The Balaban J connectivity index is 2.63. The summed E-state index contributed by atoms with van der Waals surface area (Å²) in [5, 5.41) is 8.83. The van der Waals surface area contributed by atoms with E-state index in [1.54, 1.807) is 19.2 Å². The molecule has 0 fully saturated rings. The summed E-state index contributed by atoms with van der Waals surface area (Å²) in [6.07, 6.45) is 1.40. The predicted octanol–water partition coefficient (Wildman–Crippen LogP) is 1.88. The molecule has 0 aliphatic rings. The number of rotatable bonds is 8. The fourth-order valence-electron chi connectivity index (χ4n) is 1.85. The van der Waals surface area contributed by atoms with E-state index in [4.69, 9.17) is 9.84 Å². The van der Waals surface area contributed by atoms with Crippen molar-refractivity contribution in [3.05, 3.63) is 29.6 Å². The first-order valence-corrected chi connectivity index (χ1v) is 6.42. The Bertz CT molecular complexity index is 390. The number of methoxy groups -OCH3 is 1. The Morgan fingerprint density at radius 1 is 1.47 bits per heavy atom. The normalized spacial score (nSPS) is 11.2. The molecule has 5 heteroatoms. The molecule has 5 nitrogen and oxygen atoms in total. The molecule has 0 radical (unpaired) electrons. The number of carbonyl (C=O) groups is 1. The van der Waals surface area contributed by atoms with E-state index in [1.807, 2.05) is 0 Å². The van der Waals surface area contributed by atoms with Gasteiger partial charge in [0, 0.05) is 32.9 Å². The zero-order valence-corrected chi connectivity index (χ0v) is 11.8. The molecule has 0 aliphatic carbocycles. The van der Waals surface area contributed by atoms with Gasteiger partial charge < -0.3 is 9.84 Å². The summed E-state index contributed by atoms with van der Waals surface area (Å²) >= 11 is 0. The maximum atomic E-state index is 10.8. The maximum Gasteiger partial charge on any atom is 0.337 e. The van der Waals surface area contributed by atoms with E-state index in [-0.39, 0.29) is 5.56 Å². The van der Waals surface area contributed by atoms with Gasteiger partial charge in [-0.2, -0.15) is 0 Å². The molecule has 0 spiro atoms. The van der Waals surface area contributed by atoms with Crippen LogP contribution >= 0.6 is 0 Å². The molecular weight excluding hydrogens is 244 g/mol. The summed E-state index contributed by atoms with van der Waals surface area (Å²) < 4.78 is 5.10. The van der Waals surface area contributed by atoms with E-state index >= 15 is 0 Å². The smallest absolute Gasteiger partial charge is 0.337 e. The van der Waals surface area contributed by atoms with Crippen molar-refractivity contribution in [3.8, 4) is 0 Å². The molecule has 1 rings (SSSR count). The van der Waals surface area contributed by atoms with E-state index in [0.717, 1.165) is 18.8 Å². The molecule has 0 saturated heterocycles. The van der Waals surface area contributed by atoms with Gasteiger partial charge in [0.15, 0.2) is 0 Å². The van der Waals surface area contributed by atoms with Gasteiger partial charge in [0.05, 0.1) is 17.9 Å². The van der Waals surface area contributed by atoms with Crippen LogP contribution in [-0.4, -0.2) is 47.8 Å². The van der Waals surface area contributed by atoms with Crippen LogP contribution in [0.4, 0.5) is 0 Å². The molecule has 19 heavy (non-hydrogen) atoms. The molecule has 0 bridgehead atoms. The van der Waals surface area contributed by atoms with Crippen LogP contribution in [0.15, 0.2) is 18.3 Å². The third kappa shape index (κ3) is 5.81. The fourth-order valence-corrected chi connectivity index (χ4v) is 1.85. The van der Waals surface area contributed by atoms with E-state index in [1.165, 1.54) is 6.20 Å². The summed E-state index contributed by atoms with van der Waals surface area (Å²) in [5.74, 6) is -0.382. The SMILES string of the molecule is COCCN(Cc1ccc(C(=O)O)cn1)CC(C)C. The largest absolute Gasteiger partial charge is 0.478 e. The second kappa shape index (κ2) is 7.86. The van der Waals surface area contributed by atoms with Gasteiger partial charge in [0.2, 0.25) is 0 Å². The van der Waals surface area contributed by atoms with Gasteiger partial charge in [-0.15, -0.1) is 0 Å². The molecule has 0 unspecified atom stereocenters. The van der Waals surface area contributed by atoms with Gasteiger partial charge >= 0.3 is 5.97 Å². The van der Waals surface area contributed by atoms with Crippen molar-refractivity contribution >= 4 is 5.97 Å². The molecule has 0 saturated carbocycles. The van der Waals surface area contributed by atoms with Gasteiger partial charge in [-0.1, -0.05) is 13.8 Å². The Kier molecular flexibility index (Phi) is 6.45. The lowest BCUT2D eigenvalue weighted by atomic mass is 10.2. The molecule has 1 aromatic heterocycles. The van der Waals surface area contributed by atoms with Crippen molar-refractivity contribution in [2.24, 2.45) is 5.92 Å². The van der Waals surface area contributed by atoms with Crippen molar-refractivity contribution in [2.45, 2.75) is 20.4 Å². The van der Waals surface area contributed by atoms with Crippen LogP contribution in [-0.2, 0) is 11.3 Å². The summed E-state index contributed by atoms with van der Waals surface area (Å²) in [5.41, 5.74) is 1.10. The Morgan fingerprint density at radius 2 is 2.21 bits per heavy atom. The molecule has 0 aromatic carbocycles. The summed E-state index contributed by atoms with van der Waals surface area (Å²) in [7, 11) is 1.69. The van der Waals surface area contributed by atoms with Crippen LogP contribution in [0.3, 0.4) is 0 Å². The molecule has 1 aromatic rings. The molecule has 1 heterocycles. The van der Waals surface area contributed by atoms with E-state index < -0.39 is 5.97 Å². The third-order valence-electron chi connectivity index (χ3n) is 2.69. The van der Waals surface area contributed by atoms with Crippen molar-refractivity contribution in [1.29, 1.82) is 0 Å². The monoisotopic (exact) mass is 266 g/mol. The predicted molar refractivity (Wildman–Crippen MR) is 73.2 cm³/mol. The quantitative estimate of drug-likeness (QED) is 0.778. The highest BCUT2D eigenvalue weighted by atomic mass is 16.5. The standard InChI is InChI=1S/C14H22N2O3/c1-11(2)9-16(6-7-19-3)10-13-5-4-12(8-15-13)14(17)18/h4-5,8,11H,6-7,9-10H2,1-3H3,(H,17,18). The first-order chi connectivity index (χ1) is 9.02. The minimum Gasteiger partial charge on any atom is -0.478 e. The van der Waals surface area contributed by atoms with Gasteiger partial charge in [0.1, 0.15) is 0 Å². The molecule has 0 atom stereocenters. The number of carboxylic acids is 1. The average Bonchev–Trinajstić information content (AvgIpc) is 2.36. The number of nitrogens with zero attached hydrogens (tertiary/aromatic N) is 2. The second-order valence-corrected chi connectivity index (χ2v) is 4.97. The summed E-state index contributed by atoms with van der Waals surface area (Å²) in [6.45, 7) is 7.53. The highest BCUT2D eigenvalue weighted by Crippen LogP contribution is 2.07. The van der Waals surface area contributed by atoms with Crippen LogP contribution in [0.25, 0.3) is 0 Å². The molecule has 0 amide bonds. The van der Waals surface area contributed by atoms with Crippen LogP contribution in [0, 0.1) is 5.92 Å². The number of hydrogen-bond donors (Lipinski definition) is 1. The van der Waals surface area contributed by atoms with Crippen molar-refractivity contribution in [1.82, 2.24) is 9.88 Å². The average molecular weight is 266 g/mol. The van der Waals surface area contributed by atoms with Gasteiger partial charge in [-0.05, 0) is 18.1 Å². The summed E-state index contributed by atoms with van der Waals surface area (Å²) in [4.78, 5) is 17.2. The minimum atomic E-state index is -0.947. The van der Waals surface area contributed by atoms with E-state index in [2.05, 4.69) is 23.7 Å². The highest BCUT2D eigenvalue weighted by molar-refractivity contribution is 5.87. The van der Waals surface area contributed by atoms with Gasteiger partial charge in [-0.3, -0.25) is 9.88 Å². The number of aromatic nitrogens is 1. The first-order valence-electron chi connectivity index (χ1n) is 6.42. The summed E-state index contributed by atoms with van der Waals surface area (Å²) in [6, 6.07) is 3.36. The van der Waals surface area contributed by atoms with Crippen molar-refractivity contribution in [2.75, 3.05) is 26.8 Å². The van der Waals surface area contributed by atoms with E-state index in [0.29, 0.717) is 19.1 Å². The molecule has 1 N–H and O–H groups in total. The van der Waals surface area contributed by atoms with Crippen LogP contribution in [0.5, 0.6) is 0 Å². The lowest BCUT2D eigenvalue weighted by Gasteiger charge is -2.23. The van der Waals surface area contributed by atoms with Crippen LogP contribution in [0.2, 0.25) is 0 Å². The lowest BCUT2D eigenvalue weighted by Crippen LogP contribution is -2.31. The Labute approximate surface area is 114 Å². The minimum absolute atomic E-state index is 0.219. The Hall–Kier alpha value is -1.46. The zero-order chi connectivity index (χ0) is 14.3. The number of ether oxygens (including phenoxy) is 1. The first kappa shape index (κ1) is 15.6. The number of pyridine rings is 1. The van der Waals surface area contributed by atoms with Crippen LogP contribution in [0.1, 0.15) is 29.9 Å². The maximum absolute atomic E-state index is 10.8. The number of carboxylic acid groups (broad SMARTS) is 1. The molecule has 106 valence electrons. The molecule has 0 aliphatic heterocycles. The third-order valence-corrected chi connectivity index (χ3v) is 2.69. The number of aromatic carboxylic acids is 1.